The lowest BCUT2D eigenvalue weighted by molar-refractivity contribution is -0.124. The van der Waals surface area contributed by atoms with Crippen LogP contribution in [-0.4, -0.2) is 41.8 Å². The molecule has 0 saturated carbocycles. The lowest BCUT2D eigenvalue weighted by Gasteiger charge is -2.16. The van der Waals surface area contributed by atoms with Crippen molar-refractivity contribution in [2.75, 3.05) is 13.2 Å². The van der Waals surface area contributed by atoms with Crippen LogP contribution in [0, 0.1) is 5.82 Å². The third-order valence-corrected chi connectivity index (χ3v) is 5.55. The lowest BCUT2D eigenvalue weighted by atomic mass is 10.1. The number of fused-ring (bicyclic) bond motifs is 1. The van der Waals surface area contributed by atoms with E-state index in [0.717, 1.165) is 4.90 Å². The molecule has 3 aromatic rings. The highest BCUT2D eigenvalue weighted by atomic mass is 19.1. The SMILES string of the molecule is CCOc1ccc(CN2C(=O)c3ccccc3C2=O)cc1C(=O)OCC(=O)NCc1ccccc1F. The van der Waals surface area contributed by atoms with Crippen LogP contribution in [0.1, 0.15) is 49.1 Å². The number of halogens is 1. The highest BCUT2D eigenvalue weighted by Crippen LogP contribution is 2.27. The van der Waals surface area contributed by atoms with Gasteiger partial charge in [0.15, 0.2) is 6.61 Å². The fraction of sp³-hybridized carbons (Fsp3) is 0.185. The Bertz CT molecular complexity index is 1300. The van der Waals surface area contributed by atoms with Gasteiger partial charge in [-0.3, -0.25) is 19.3 Å². The second-order valence-electron chi connectivity index (χ2n) is 7.95. The Kier molecular flexibility index (Phi) is 7.39. The van der Waals surface area contributed by atoms with Crippen LogP contribution in [0.5, 0.6) is 5.75 Å². The van der Waals surface area contributed by atoms with Crippen molar-refractivity contribution in [1.82, 2.24) is 10.2 Å². The highest BCUT2D eigenvalue weighted by Gasteiger charge is 2.35. The molecule has 1 heterocycles. The quantitative estimate of drug-likeness (QED) is 0.364. The molecule has 0 radical (unpaired) electrons. The molecule has 0 fully saturated rings. The third kappa shape index (κ3) is 5.25. The van der Waals surface area contributed by atoms with Gasteiger partial charge in [-0.05, 0) is 42.8 Å². The first-order chi connectivity index (χ1) is 17.4. The number of carbonyl (C=O) groups is 4. The summed E-state index contributed by atoms with van der Waals surface area (Å²) >= 11 is 0. The maximum Gasteiger partial charge on any atom is 0.342 e. The van der Waals surface area contributed by atoms with Crippen LogP contribution in [-0.2, 0) is 22.6 Å². The van der Waals surface area contributed by atoms with Gasteiger partial charge in [-0.25, -0.2) is 9.18 Å². The summed E-state index contributed by atoms with van der Waals surface area (Å²) in [5, 5.41) is 2.50. The maximum atomic E-state index is 13.7. The minimum absolute atomic E-state index is 0.0489. The fourth-order valence-electron chi connectivity index (χ4n) is 3.78. The third-order valence-electron chi connectivity index (χ3n) is 5.55. The van der Waals surface area contributed by atoms with Crippen LogP contribution in [0.15, 0.2) is 66.7 Å². The second-order valence-corrected chi connectivity index (χ2v) is 7.95. The van der Waals surface area contributed by atoms with Crippen LogP contribution >= 0.6 is 0 Å². The molecule has 0 saturated heterocycles. The van der Waals surface area contributed by atoms with E-state index in [4.69, 9.17) is 9.47 Å². The van der Waals surface area contributed by atoms with Gasteiger partial charge >= 0.3 is 5.97 Å². The Hall–Kier alpha value is -4.53. The van der Waals surface area contributed by atoms with Crippen molar-refractivity contribution in [3.8, 4) is 5.75 Å². The molecule has 1 N–H and O–H groups in total. The number of carbonyl (C=O) groups excluding carboxylic acids is 4. The van der Waals surface area contributed by atoms with Crippen molar-refractivity contribution in [3.63, 3.8) is 0 Å². The van der Waals surface area contributed by atoms with Crippen molar-refractivity contribution >= 4 is 23.7 Å². The summed E-state index contributed by atoms with van der Waals surface area (Å²) in [6.45, 7) is 1.34. The molecule has 0 unspecified atom stereocenters. The van der Waals surface area contributed by atoms with Gasteiger partial charge in [-0.15, -0.1) is 0 Å². The van der Waals surface area contributed by atoms with Gasteiger partial charge in [0.05, 0.1) is 24.3 Å². The molecule has 184 valence electrons. The van der Waals surface area contributed by atoms with E-state index in [1.807, 2.05) is 0 Å². The maximum absolute atomic E-state index is 13.7. The Labute approximate surface area is 206 Å². The summed E-state index contributed by atoms with van der Waals surface area (Å²) in [6, 6.07) is 17.2. The number of benzene rings is 3. The van der Waals surface area contributed by atoms with Crippen LogP contribution in [0.3, 0.4) is 0 Å². The second kappa shape index (κ2) is 10.8. The molecule has 1 aliphatic rings. The molecule has 0 aromatic heterocycles. The predicted molar refractivity (Wildman–Crippen MR) is 127 cm³/mol. The molecule has 0 aliphatic carbocycles. The van der Waals surface area contributed by atoms with Crippen molar-refractivity contribution in [3.05, 3.63) is 100 Å². The zero-order chi connectivity index (χ0) is 25.7. The minimum atomic E-state index is -0.816. The molecule has 3 amide bonds. The summed E-state index contributed by atoms with van der Waals surface area (Å²) in [4.78, 5) is 51.4. The molecule has 9 heteroatoms. The first-order valence-electron chi connectivity index (χ1n) is 11.3. The summed E-state index contributed by atoms with van der Waals surface area (Å²) in [6.07, 6.45) is 0. The van der Waals surface area contributed by atoms with E-state index in [-0.39, 0.29) is 31.0 Å². The van der Waals surface area contributed by atoms with Crippen LogP contribution in [0.4, 0.5) is 4.39 Å². The minimum Gasteiger partial charge on any atom is -0.493 e. The average molecular weight is 490 g/mol. The zero-order valence-corrected chi connectivity index (χ0v) is 19.5. The van der Waals surface area contributed by atoms with E-state index in [0.29, 0.717) is 22.3 Å². The number of esters is 1. The first kappa shape index (κ1) is 24.6. The molecule has 1 aliphatic heterocycles. The molecular weight excluding hydrogens is 467 g/mol. The molecule has 8 nitrogen and oxygen atoms in total. The predicted octanol–water partition coefficient (Wildman–Crippen LogP) is 3.49. The number of imide groups is 1. The number of amides is 3. The van der Waals surface area contributed by atoms with Crippen molar-refractivity contribution < 1.29 is 33.0 Å². The smallest absolute Gasteiger partial charge is 0.342 e. The number of ether oxygens (including phenoxy) is 2. The summed E-state index contributed by atoms with van der Waals surface area (Å²) in [7, 11) is 0. The average Bonchev–Trinajstić information content (AvgIpc) is 3.12. The van der Waals surface area contributed by atoms with Gasteiger partial charge in [0, 0.05) is 12.1 Å². The number of hydrogen-bond acceptors (Lipinski definition) is 6. The Morgan fingerprint density at radius 3 is 2.28 bits per heavy atom. The largest absolute Gasteiger partial charge is 0.493 e. The number of rotatable bonds is 9. The Morgan fingerprint density at radius 1 is 0.944 bits per heavy atom. The summed E-state index contributed by atoms with van der Waals surface area (Å²) in [5.41, 5.74) is 1.51. The van der Waals surface area contributed by atoms with E-state index < -0.39 is 36.1 Å². The number of nitrogens with one attached hydrogen (secondary N) is 1. The van der Waals surface area contributed by atoms with Crippen LogP contribution in [0.2, 0.25) is 0 Å². The zero-order valence-electron chi connectivity index (χ0n) is 19.5. The first-order valence-corrected chi connectivity index (χ1v) is 11.3. The molecule has 0 atom stereocenters. The van der Waals surface area contributed by atoms with E-state index in [1.54, 1.807) is 55.5 Å². The number of nitrogens with zero attached hydrogens (tertiary/aromatic N) is 1. The van der Waals surface area contributed by atoms with E-state index in [1.165, 1.54) is 18.2 Å². The van der Waals surface area contributed by atoms with Gasteiger partial charge in [0.1, 0.15) is 17.1 Å². The van der Waals surface area contributed by atoms with Crippen molar-refractivity contribution in [2.24, 2.45) is 0 Å². The van der Waals surface area contributed by atoms with Crippen LogP contribution in [0.25, 0.3) is 0 Å². The Balaban J connectivity index is 1.43. The van der Waals surface area contributed by atoms with Gasteiger partial charge < -0.3 is 14.8 Å². The van der Waals surface area contributed by atoms with Gasteiger partial charge in [0.2, 0.25) is 0 Å². The molecule has 0 spiro atoms. The van der Waals surface area contributed by atoms with Crippen molar-refractivity contribution in [1.29, 1.82) is 0 Å². The molecule has 3 aromatic carbocycles. The highest BCUT2D eigenvalue weighted by molar-refractivity contribution is 6.21. The normalized spacial score (nSPS) is 12.3. The fourth-order valence-corrected chi connectivity index (χ4v) is 3.78. The van der Waals surface area contributed by atoms with Gasteiger partial charge in [-0.2, -0.15) is 0 Å². The van der Waals surface area contributed by atoms with E-state index >= 15 is 0 Å². The van der Waals surface area contributed by atoms with Crippen molar-refractivity contribution in [2.45, 2.75) is 20.0 Å². The molecule has 4 rings (SSSR count). The van der Waals surface area contributed by atoms with E-state index in [9.17, 15) is 23.6 Å². The van der Waals surface area contributed by atoms with Gasteiger partial charge in [0.25, 0.3) is 17.7 Å². The molecule has 0 bridgehead atoms. The standard InChI is InChI=1S/C27H23FN2O6/c1-2-35-23-12-11-17(15-30-25(32)19-8-4-5-9-20(19)26(30)33)13-21(23)27(34)36-16-24(31)29-14-18-7-3-6-10-22(18)28/h3-13H,2,14-16H2,1H3,(H,29,31). The molecular formula is C27H23FN2O6. The lowest BCUT2D eigenvalue weighted by Crippen LogP contribution is -2.29. The summed E-state index contributed by atoms with van der Waals surface area (Å²) < 4.78 is 24.4. The van der Waals surface area contributed by atoms with E-state index in [2.05, 4.69) is 5.32 Å². The van der Waals surface area contributed by atoms with Crippen LogP contribution < -0.4 is 10.1 Å². The summed E-state index contributed by atoms with van der Waals surface area (Å²) in [5.74, 6) is -2.47. The monoisotopic (exact) mass is 490 g/mol. The topological polar surface area (TPSA) is 102 Å². The van der Waals surface area contributed by atoms with Gasteiger partial charge in [-0.1, -0.05) is 36.4 Å². The Morgan fingerprint density at radius 2 is 1.61 bits per heavy atom. The molecule has 36 heavy (non-hydrogen) atoms. The number of hydrogen-bond donors (Lipinski definition) is 1.